The molecule has 1 aromatic carbocycles. The van der Waals surface area contributed by atoms with Crippen molar-refractivity contribution in [3.05, 3.63) is 41.9 Å². The van der Waals surface area contributed by atoms with E-state index in [0.717, 1.165) is 48.6 Å². The molecule has 19 heavy (non-hydrogen) atoms. The van der Waals surface area contributed by atoms with Crippen LogP contribution in [0, 0.1) is 6.92 Å². The van der Waals surface area contributed by atoms with Gasteiger partial charge in [0.15, 0.2) is 0 Å². The number of hydrogen-bond donors (Lipinski definition) is 1. The van der Waals surface area contributed by atoms with Crippen molar-refractivity contribution in [2.24, 2.45) is 0 Å². The molecule has 4 heteroatoms. The summed E-state index contributed by atoms with van der Waals surface area (Å²) < 4.78 is 0. The number of aromatic nitrogens is 2. The summed E-state index contributed by atoms with van der Waals surface area (Å²) in [6, 6.07) is 7.73. The van der Waals surface area contributed by atoms with Crippen LogP contribution in [0.1, 0.15) is 29.0 Å². The maximum Gasteiger partial charge on any atom is 0.253 e. The molecule has 0 bridgehead atoms. The van der Waals surface area contributed by atoms with Crippen LogP contribution in [0.4, 0.5) is 0 Å². The molecular weight excluding hydrogens is 238 g/mol. The van der Waals surface area contributed by atoms with Crippen molar-refractivity contribution in [2.75, 3.05) is 13.1 Å². The molecule has 3 rings (SSSR count). The van der Waals surface area contributed by atoms with Gasteiger partial charge in [-0.25, -0.2) is 4.98 Å². The van der Waals surface area contributed by atoms with Crippen molar-refractivity contribution < 1.29 is 4.79 Å². The van der Waals surface area contributed by atoms with E-state index in [-0.39, 0.29) is 5.91 Å². The summed E-state index contributed by atoms with van der Waals surface area (Å²) in [5.41, 5.74) is 2.80. The van der Waals surface area contributed by atoms with Gasteiger partial charge < -0.3 is 9.88 Å². The number of benzene rings is 1. The Bertz CT molecular complexity index is 580. The quantitative estimate of drug-likeness (QED) is 0.896. The molecular formula is C15H17N3O. The number of likely N-dealkylation sites (tertiary alicyclic amines) is 1. The molecule has 0 spiro atoms. The molecule has 0 radical (unpaired) electrons. The van der Waals surface area contributed by atoms with E-state index in [0.29, 0.717) is 0 Å². The molecule has 0 saturated carbocycles. The van der Waals surface area contributed by atoms with Gasteiger partial charge >= 0.3 is 0 Å². The van der Waals surface area contributed by atoms with Crippen LogP contribution in [-0.2, 0) is 0 Å². The van der Waals surface area contributed by atoms with Crippen LogP contribution in [-0.4, -0.2) is 33.9 Å². The Morgan fingerprint density at radius 1 is 1.21 bits per heavy atom. The molecule has 2 heterocycles. The summed E-state index contributed by atoms with van der Waals surface area (Å²) in [4.78, 5) is 21.5. The van der Waals surface area contributed by atoms with Gasteiger partial charge in [0.1, 0.15) is 5.82 Å². The molecule has 1 aliphatic rings. The highest BCUT2D eigenvalue weighted by atomic mass is 16.2. The highest BCUT2D eigenvalue weighted by molar-refractivity contribution is 5.94. The first kappa shape index (κ1) is 12.0. The van der Waals surface area contributed by atoms with Crippen LogP contribution >= 0.6 is 0 Å². The lowest BCUT2D eigenvalue weighted by Gasteiger charge is -2.15. The standard InChI is InChI=1S/C15H17N3O/c1-11-16-10-14(17-11)12-4-6-13(7-5-12)15(19)18-8-2-3-9-18/h4-7,10H,2-3,8-9H2,1H3,(H,16,17). The number of carbonyl (C=O) groups excluding carboxylic acids is 1. The molecule has 2 aromatic rings. The van der Waals surface area contributed by atoms with Gasteiger partial charge in [-0.05, 0) is 37.5 Å². The number of aryl methyl sites for hydroxylation is 1. The lowest BCUT2D eigenvalue weighted by atomic mass is 10.1. The third-order valence-electron chi connectivity index (χ3n) is 3.54. The Kier molecular flexibility index (Phi) is 3.07. The molecule has 0 unspecified atom stereocenters. The zero-order valence-corrected chi connectivity index (χ0v) is 11.0. The molecule has 1 N–H and O–H groups in total. The predicted molar refractivity (Wildman–Crippen MR) is 73.9 cm³/mol. The van der Waals surface area contributed by atoms with E-state index in [2.05, 4.69) is 9.97 Å². The number of nitrogens with zero attached hydrogens (tertiary/aromatic N) is 2. The lowest BCUT2D eigenvalue weighted by Crippen LogP contribution is -2.27. The number of hydrogen-bond acceptors (Lipinski definition) is 2. The molecule has 1 amide bonds. The van der Waals surface area contributed by atoms with Crippen LogP contribution in [0.3, 0.4) is 0 Å². The van der Waals surface area contributed by atoms with Crippen LogP contribution in [0.2, 0.25) is 0 Å². The van der Waals surface area contributed by atoms with Crippen LogP contribution in [0.5, 0.6) is 0 Å². The number of rotatable bonds is 2. The Morgan fingerprint density at radius 3 is 2.47 bits per heavy atom. The van der Waals surface area contributed by atoms with Crippen LogP contribution < -0.4 is 0 Å². The first-order chi connectivity index (χ1) is 9.24. The minimum Gasteiger partial charge on any atom is -0.342 e. The summed E-state index contributed by atoms with van der Waals surface area (Å²) in [7, 11) is 0. The summed E-state index contributed by atoms with van der Waals surface area (Å²) in [6.45, 7) is 3.70. The van der Waals surface area contributed by atoms with E-state index in [1.165, 1.54) is 0 Å². The van der Waals surface area contributed by atoms with Gasteiger partial charge in [-0.2, -0.15) is 0 Å². The molecule has 1 aliphatic heterocycles. The largest absolute Gasteiger partial charge is 0.342 e. The molecule has 1 fully saturated rings. The number of amides is 1. The Morgan fingerprint density at radius 2 is 1.89 bits per heavy atom. The Balaban J connectivity index is 1.80. The highest BCUT2D eigenvalue weighted by Gasteiger charge is 2.19. The number of nitrogens with one attached hydrogen (secondary N) is 1. The Hall–Kier alpha value is -2.10. The number of aromatic amines is 1. The van der Waals surface area contributed by atoms with E-state index in [1.807, 2.05) is 42.3 Å². The SMILES string of the molecule is Cc1ncc(-c2ccc(C(=O)N3CCCC3)cc2)[nH]1. The fourth-order valence-electron chi connectivity index (χ4n) is 2.46. The van der Waals surface area contributed by atoms with Crippen molar-refractivity contribution in [1.29, 1.82) is 0 Å². The van der Waals surface area contributed by atoms with Crippen molar-refractivity contribution in [1.82, 2.24) is 14.9 Å². The normalized spacial score (nSPS) is 14.9. The van der Waals surface area contributed by atoms with E-state index in [1.54, 1.807) is 0 Å². The topological polar surface area (TPSA) is 49.0 Å². The van der Waals surface area contributed by atoms with Gasteiger partial charge in [-0.3, -0.25) is 4.79 Å². The number of carbonyl (C=O) groups is 1. The van der Waals surface area contributed by atoms with E-state index >= 15 is 0 Å². The monoisotopic (exact) mass is 255 g/mol. The summed E-state index contributed by atoms with van der Waals surface area (Å²) in [5, 5.41) is 0. The first-order valence-corrected chi connectivity index (χ1v) is 6.65. The first-order valence-electron chi connectivity index (χ1n) is 6.65. The minimum absolute atomic E-state index is 0.143. The van der Waals surface area contributed by atoms with Crippen molar-refractivity contribution in [3.8, 4) is 11.3 Å². The van der Waals surface area contributed by atoms with Crippen molar-refractivity contribution in [3.63, 3.8) is 0 Å². The second kappa shape index (κ2) is 4.88. The Labute approximate surface area is 112 Å². The maximum absolute atomic E-state index is 12.2. The minimum atomic E-state index is 0.143. The van der Waals surface area contributed by atoms with E-state index in [4.69, 9.17) is 0 Å². The average Bonchev–Trinajstić information content (AvgIpc) is 3.09. The van der Waals surface area contributed by atoms with Gasteiger partial charge in [0, 0.05) is 18.7 Å². The second-order valence-electron chi connectivity index (χ2n) is 4.96. The van der Waals surface area contributed by atoms with Crippen LogP contribution in [0.15, 0.2) is 30.5 Å². The second-order valence-corrected chi connectivity index (χ2v) is 4.96. The molecule has 1 aromatic heterocycles. The molecule has 1 saturated heterocycles. The molecule has 98 valence electrons. The lowest BCUT2D eigenvalue weighted by molar-refractivity contribution is 0.0793. The zero-order valence-electron chi connectivity index (χ0n) is 11.0. The smallest absolute Gasteiger partial charge is 0.253 e. The van der Waals surface area contributed by atoms with E-state index in [9.17, 15) is 4.79 Å². The molecule has 0 aliphatic carbocycles. The summed E-state index contributed by atoms with van der Waals surface area (Å²) in [6.07, 6.45) is 4.06. The highest BCUT2D eigenvalue weighted by Crippen LogP contribution is 2.19. The summed E-state index contributed by atoms with van der Waals surface area (Å²) >= 11 is 0. The fraction of sp³-hybridized carbons (Fsp3) is 0.333. The third-order valence-corrected chi connectivity index (χ3v) is 3.54. The average molecular weight is 255 g/mol. The van der Waals surface area contributed by atoms with E-state index < -0.39 is 0 Å². The van der Waals surface area contributed by atoms with Gasteiger partial charge in [-0.1, -0.05) is 12.1 Å². The third kappa shape index (κ3) is 2.38. The van der Waals surface area contributed by atoms with Gasteiger partial charge in [0.2, 0.25) is 0 Å². The molecule has 0 atom stereocenters. The number of H-pyrrole nitrogens is 1. The fourth-order valence-corrected chi connectivity index (χ4v) is 2.46. The van der Waals surface area contributed by atoms with Crippen molar-refractivity contribution in [2.45, 2.75) is 19.8 Å². The summed E-state index contributed by atoms with van der Waals surface area (Å²) in [5.74, 6) is 1.04. The van der Waals surface area contributed by atoms with Crippen LogP contribution in [0.25, 0.3) is 11.3 Å². The molecule has 4 nitrogen and oxygen atoms in total. The van der Waals surface area contributed by atoms with Gasteiger partial charge in [-0.15, -0.1) is 0 Å². The number of imidazole rings is 1. The van der Waals surface area contributed by atoms with Crippen molar-refractivity contribution >= 4 is 5.91 Å². The van der Waals surface area contributed by atoms with Gasteiger partial charge in [0.05, 0.1) is 11.9 Å². The predicted octanol–water partition coefficient (Wildman–Crippen LogP) is 2.62. The zero-order chi connectivity index (χ0) is 13.2. The maximum atomic E-state index is 12.2. The van der Waals surface area contributed by atoms with Gasteiger partial charge in [0.25, 0.3) is 5.91 Å².